The van der Waals surface area contributed by atoms with Crippen LogP contribution in [-0.4, -0.2) is 21.5 Å². The SMILES string of the molecule is CCNC(CC)c1nnn(-c2ccc(Br)cc2F)c1CC. The van der Waals surface area contributed by atoms with E-state index >= 15 is 0 Å². The van der Waals surface area contributed by atoms with Gasteiger partial charge < -0.3 is 5.32 Å². The van der Waals surface area contributed by atoms with Crippen LogP contribution in [0, 0.1) is 5.82 Å². The molecule has 1 unspecified atom stereocenters. The van der Waals surface area contributed by atoms with E-state index in [1.807, 2.05) is 6.92 Å². The van der Waals surface area contributed by atoms with E-state index in [1.54, 1.807) is 16.8 Å². The summed E-state index contributed by atoms with van der Waals surface area (Å²) in [5.74, 6) is -0.313. The third kappa shape index (κ3) is 3.32. The Hall–Kier alpha value is -1.27. The summed E-state index contributed by atoms with van der Waals surface area (Å²) in [4.78, 5) is 0. The summed E-state index contributed by atoms with van der Waals surface area (Å²) >= 11 is 3.27. The molecule has 4 nitrogen and oxygen atoms in total. The molecule has 0 bridgehead atoms. The smallest absolute Gasteiger partial charge is 0.150 e. The number of hydrogen-bond acceptors (Lipinski definition) is 3. The molecule has 0 radical (unpaired) electrons. The van der Waals surface area contributed by atoms with Gasteiger partial charge in [0.05, 0.1) is 11.7 Å². The maximum absolute atomic E-state index is 14.2. The first-order chi connectivity index (χ1) is 10.1. The lowest BCUT2D eigenvalue weighted by Gasteiger charge is -2.15. The third-order valence-electron chi connectivity index (χ3n) is 3.45. The van der Waals surface area contributed by atoms with Gasteiger partial charge in [0.15, 0.2) is 0 Å². The van der Waals surface area contributed by atoms with Crippen LogP contribution in [0.4, 0.5) is 4.39 Å². The quantitative estimate of drug-likeness (QED) is 0.857. The fraction of sp³-hybridized carbons (Fsp3) is 0.467. The average molecular weight is 355 g/mol. The Morgan fingerprint density at radius 2 is 2.10 bits per heavy atom. The summed E-state index contributed by atoms with van der Waals surface area (Å²) in [7, 11) is 0. The maximum atomic E-state index is 14.2. The highest BCUT2D eigenvalue weighted by molar-refractivity contribution is 9.10. The summed E-state index contributed by atoms with van der Waals surface area (Å²) in [6.45, 7) is 7.06. The molecule has 21 heavy (non-hydrogen) atoms. The van der Waals surface area contributed by atoms with Gasteiger partial charge in [-0.2, -0.15) is 0 Å². The highest BCUT2D eigenvalue weighted by Gasteiger charge is 2.20. The minimum atomic E-state index is -0.313. The van der Waals surface area contributed by atoms with Crippen LogP contribution in [0.25, 0.3) is 5.69 Å². The molecule has 0 aliphatic heterocycles. The molecule has 2 aromatic rings. The largest absolute Gasteiger partial charge is 0.309 e. The fourth-order valence-corrected chi connectivity index (χ4v) is 2.78. The minimum Gasteiger partial charge on any atom is -0.309 e. The zero-order valence-electron chi connectivity index (χ0n) is 12.5. The first-order valence-corrected chi connectivity index (χ1v) is 8.04. The predicted molar refractivity (Wildman–Crippen MR) is 85.1 cm³/mol. The van der Waals surface area contributed by atoms with E-state index in [0.29, 0.717) is 10.2 Å². The van der Waals surface area contributed by atoms with Gasteiger partial charge in [0.1, 0.15) is 17.2 Å². The van der Waals surface area contributed by atoms with Crippen molar-refractivity contribution >= 4 is 15.9 Å². The van der Waals surface area contributed by atoms with Crippen molar-refractivity contribution in [2.24, 2.45) is 0 Å². The number of halogens is 2. The Labute approximate surface area is 132 Å². The zero-order valence-corrected chi connectivity index (χ0v) is 14.1. The van der Waals surface area contributed by atoms with Gasteiger partial charge >= 0.3 is 0 Å². The Balaban J connectivity index is 2.48. The average Bonchev–Trinajstić information content (AvgIpc) is 2.88. The van der Waals surface area contributed by atoms with Crippen LogP contribution in [0.2, 0.25) is 0 Å². The van der Waals surface area contributed by atoms with Crippen LogP contribution < -0.4 is 5.32 Å². The van der Waals surface area contributed by atoms with Gasteiger partial charge in [-0.15, -0.1) is 5.10 Å². The standard InChI is InChI=1S/C15H20BrFN4/c1-4-12(18-6-3)15-13(5-2)21(20-19-15)14-8-7-10(16)9-11(14)17/h7-9,12,18H,4-6H2,1-3H3. The molecular weight excluding hydrogens is 335 g/mol. The van der Waals surface area contributed by atoms with Gasteiger partial charge in [0.2, 0.25) is 0 Å². The number of hydrogen-bond donors (Lipinski definition) is 1. The molecule has 1 aromatic carbocycles. The van der Waals surface area contributed by atoms with Gasteiger partial charge in [0.25, 0.3) is 0 Å². The Morgan fingerprint density at radius 3 is 2.67 bits per heavy atom. The summed E-state index contributed by atoms with van der Waals surface area (Å²) in [5.41, 5.74) is 2.29. The second kappa shape index (κ2) is 7.13. The fourth-order valence-electron chi connectivity index (χ4n) is 2.44. The molecule has 1 heterocycles. The van der Waals surface area contributed by atoms with E-state index in [-0.39, 0.29) is 11.9 Å². The lowest BCUT2D eigenvalue weighted by molar-refractivity contribution is 0.520. The van der Waals surface area contributed by atoms with E-state index in [9.17, 15) is 4.39 Å². The van der Waals surface area contributed by atoms with Crippen molar-refractivity contribution < 1.29 is 4.39 Å². The Bertz CT molecular complexity index is 612. The van der Waals surface area contributed by atoms with Crippen LogP contribution in [0.3, 0.4) is 0 Å². The van der Waals surface area contributed by atoms with Gasteiger partial charge in [-0.25, -0.2) is 9.07 Å². The van der Waals surface area contributed by atoms with E-state index in [0.717, 1.165) is 30.8 Å². The molecule has 2 rings (SSSR count). The number of benzene rings is 1. The molecule has 0 amide bonds. The van der Waals surface area contributed by atoms with Gasteiger partial charge in [-0.05, 0) is 37.6 Å². The van der Waals surface area contributed by atoms with Crippen molar-refractivity contribution in [2.45, 2.75) is 39.7 Å². The second-order valence-corrected chi connectivity index (χ2v) is 5.72. The lowest BCUT2D eigenvalue weighted by atomic mass is 10.1. The Kier molecular flexibility index (Phi) is 5.47. The highest BCUT2D eigenvalue weighted by Crippen LogP contribution is 2.24. The third-order valence-corrected chi connectivity index (χ3v) is 3.95. The molecule has 0 saturated carbocycles. The maximum Gasteiger partial charge on any atom is 0.150 e. The van der Waals surface area contributed by atoms with E-state index in [1.165, 1.54) is 6.07 Å². The van der Waals surface area contributed by atoms with Crippen molar-refractivity contribution in [1.29, 1.82) is 0 Å². The van der Waals surface area contributed by atoms with Crippen molar-refractivity contribution in [2.75, 3.05) is 6.54 Å². The van der Waals surface area contributed by atoms with Crippen molar-refractivity contribution in [1.82, 2.24) is 20.3 Å². The van der Waals surface area contributed by atoms with Crippen LogP contribution in [-0.2, 0) is 6.42 Å². The molecule has 0 saturated heterocycles. The molecule has 6 heteroatoms. The number of rotatable bonds is 6. The molecule has 0 aliphatic rings. The molecular formula is C15H20BrFN4. The van der Waals surface area contributed by atoms with Crippen molar-refractivity contribution in [3.05, 3.63) is 39.9 Å². The number of aromatic nitrogens is 3. The molecule has 0 fully saturated rings. The minimum absolute atomic E-state index is 0.150. The summed E-state index contributed by atoms with van der Waals surface area (Å²) in [6.07, 6.45) is 1.67. The molecule has 1 N–H and O–H groups in total. The highest BCUT2D eigenvalue weighted by atomic mass is 79.9. The van der Waals surface area contributed by atoms with Crippen LogP contribution in [0.1, 0.15) is 44.6 Å². The Morgan fingerprint density at radius 1 is 1.33 bits per heavy atom. The summed E-state index contributed by atoms with van der Waals surface area (Å²) in [5, 5.41) is 11.9. The summed E-state index contributed by atoms with van der Waals surface area (Å²) in [6, 6.07) is 5.11. The van der Waals surface area contributed by atoms with Crippen molar-refractivity contribution in [3.8, 4) is 5.69 Å². The van der Waals surface area contributed by atoms with Crippen molar-refractivity contribution in [3.63, 3.8) is 0 Å². The molecule has 0 aliphatic carbocycles. The molecule has 1 aromatic heterocycles. The molecule has 114 valence electrons. The zero-order chi connectivity index (χ0) is 15.4. The predicted octanol–water partition coefficient (Wildman–Crippen LogP) is 3.79. The van der Waals surface area contributed by atoms with E-state index in [4.69, 9.17) is 0 Å². The van der Waals surface area contributed by atoms with Crippen LogP contribution in [0.15, 0.2) is 22.7 Å². The first kappa shape index (κ1) is 16.1. The van der Waals surface area contributed by atoms with Gasteiger partial charge in [0, 0.05) is 4.47 Å². The number of nitrogens with one attached hydrogen (secondary N) is 1. The molecule has 0 spiro atoms. The number of nitrogens with zero attached hydrogens (tertiary/aromatic N) is 3. The monoisotopic (exact) mass is 354 g/mol. The summed E-state index contributed by atoms with van der Waals surface area (Å²) < 4.78 is 16.5. The first-order valence-electron chi connectivity index (χ1n) is 7.25. The normalized spacial score (nSPS) is 12.6. The van der Waals surface area contributed by atoms with Crippen LogP contribution >= 0.6 is 15.9 Å². The lowest BCUT2D eigenvalue weighted by Crippen LogP contribution is -2.22. The topological polar surface area (TPSA) is 42.7 Å². The van der Waals surface area contributed by atoms with Crippen LogP contribution in [0.5, 0.6) is 0 Å². The van der Waals surface area contributed by atoms with E-state index in [2.05, 4.69) is 45.4 Å². The second-order valence-electron chi connectivity index (χ2n) is 4.80. The van der Waals surface area contributed by atoms with E-state index < -0.39 is 0 Å². The van der Waals surface area contributed by atoms with Gasteiger partial charge in [-0.3, -0.25) is 0 Å². The molecule has 1 atom stereocenters. The van der Waals surface area contributed by atoms with Gasteiger partial charge in [-0.1, -0.05) is 41.9 Å².